The van der Waals surface area contributed by atoms with Crippen LogP contribution in [0.5, 0.6) is 11.5 Å². The molecule has 1 aliphatic rings. The van der Waals surface area contributed by atoms with Crippen molar-refractivity contribution < 1.29 is 25.8 Å². The summed E-state index contributed by atoms with van der Waals surface area (Å²) < 4.78 is 9.23. The molecule has 0 atom stereocenters. The van der Waals surface area contributed by atoms with Crippen LogP contribution in [0.15, 0.2) is 170 Å². The van der Waals surface area contributed by atoms with Gasteiger partial charge in [-0.3, -0.25) is 0 Å². The predicted molar refractivity (Wildman–Crippen MR) is 279 cm³/mol. The Bertz CT molecular complexity index is 3280. The SMILES string of the molecule is CC(C)(C)c1cccc(N2[CH-]N(c3[c-]c(Oc4[c-]c5c(cc4)c4ccccc4n5-c4cc(C(C)(C)c5ccccc5)ccn4)cc(C(C)(C)c4ccccc4)c3)c3cc(C(C)(C)C)ccc32)c1.[Pt]. The van der Waals surface area contributed by atoms with E-state index in [0.717, 1.165) is 55.9 Å². The van der Waals surface area contributed by atoms with Gasteiger partial charge in [0.1, 0.15) is 5.82 Å². The molecule has 0 N–H and O–H groups in total. The van der Waals surface area contributed by atoms with E-state index in [2.05, 4.69) is 260 Å². The minimum absolute atomic E-state index is 0. The van der Waals surface area contributed by atoms with E-state index in [1.165, 1.54) is 27.8 Å². The van der Waals surface area contributed by atoms with Gasteiger partial charge >= 0.3 is 0 Å². The fraction of sp³-hybridized carbons (Fsp3) is 0.226. The van der Waals surface area contributed by atoms with Crippen LogP contribution in [0.1, 0.15) is 103 Å². The van der Waals surface area contributed by atoms with Crippen LogP contribution in [0.3, 0.4) is 0 Å². The number of nitrogens with zero attached hydrogens (tertiary/aromatic N) is 4. The summed E-state index contributed by atoms with van der Waals surface area (Å²) in [5, 5.41) is 2.21. The maximum absolute atomic E-state index is 7.01. The van der Waals surface area contributed by atoms with Crippen molar-refractivity contribution in [3.05, 3.63) is 222 Å². The summed E-state index contributed by atoms with van der Waals surface area (Å²) in [7, 11) is 0. The second-order valence-corrected chi connectivity index (χ2v) is 21.2. The molecular weight excluding hydrogens is 1010 g/mol. The van der Waals surface area contributed by atoms with Crippen LogP contribution in [-0.4, -0.2) is 9.55 Å². The van der Waals surface area contributed by atoms with Crippen LogP contribution in [0.4, 0.5) is 22.7 Å². The Morgan fingerprint density at radius 2 is 1.10 bits per heavy atom. The van der Waals surface area contributed by atoms with Gasteiger partial charge in [0, 0.05) is 66.8 Å². The predicted octanol–water partition coefficient (Wildman–Crippen LogP) is 16.2. The monoisotopic (exact) mass is 1070 g/mol. The maximum atomic E-state index is 7.01. The van der Waals surface area contributed by atoms with E-state index >= 15 is 0 Å². The van der Waals surface area contributed by atoms with E-state index in [0.29, 0.717) is 11.5 Å². The standard InChI is InChI=1S/C62H59N4O.Pt/c1-59(2,3)44-24-19-25-48(34-44)64-41-65(57-37-45(60(4,5)6)28-31-55(57)64)49-35-47(62(9,10)43-22-15-12-16-23-43)36-51(39-49)67-50-29-30-53-52-26-17-18-27-54(52)66(56(53)40-50)58-38-46(32-33-63-58)61(7,8)42-20-13-11-14-21-42;/h11-38,41H,1-10H3;/q-3;. The van der Waals surface area contributed by atoms with Crippen molar-refractivity contribution >= 4 is 44.6 Å². The molecule has 9 aromatic rings. The van der Waals surface area contributed by atoms with Crippen LogP contribution in [0.2, 0.25) is 0 Å². The molecule has 10 rings (SSSR count). The quantitative estimate of drug-likeness (QED) is 0.135. The smallest absolute Gasteiger partial charge is 0.135 e. The second-order valence-electron chi connectivity index (χ2n) is 21.2. The number of fused-ring (bicyclic) bond motifs is 4. The van der Waals surface area contributed by atoms with Gasteiger partial charge in [0.2, 0.25) is 0 Å². The third-order valence-corrected chi connectivity index (χ3v) is 13.9. The van der Waals surface area contributed by atoms with Gasteiger partial charge in [-0.15, -0.1) is 53.6 Å². The molecule has 0 fully saturated rings. The van der Waals surface area contributed by atoms with Gasteiger partial charge in [0.05, 0.1) is 0 Å². The Morgan fingerprint density at radius 3 is 1.79 bits per heavy atom. The van der Waals surface area contributed by atoms with Crippen molar-refractivity contribution in [3.63, 3.8) is 0 Å². The zero-order valence-corrected chi connectivity index (χ0v) is 43.0. The van der Waals surface area contributed by atoms with Crippen molar-refractivity contribution in [2.45, 2.75) is 90.9 Å². The molecule has 0 radical (unpaired) electrons. The molecule has 3 heterocycles. The van der Waals surface area contributed by atoms with Crippen LogP contribution >= 0.6 is 0 Å². The Labute approximate surface area is 417 Å². The molecule has 6 heteroatoms. The molecule has 7 aromatic carbocycles. The third kappa shape index (κ3) is 8.56. The average molecular weight is 1070 g/mol. The number of hydrogen-bond acceptors (Lipinski definition) is 4. The van der Waals surface area contributed by atoms with Gasteiger partial charge in [0.15, 0.2) is 0 Å². The first-order valence-electron chi connectivity index (χ1n) is 23.4. The number of benzene rings is 7. The largest absolute Gasteiger partial charge is 0.509 e. The van der Waals surface area contributed by atoms with Crippen molar-refractivity contribution in [3.8, 4) is 17.3 Å². The Morgan fingerprint density at radius 1 is 0.471 bits per heavy atom. The van der Waals surface area contributed by atoms with Gasteiger partial charge < -0.3 is 19.1 Å². The first kappa shape index (κ1) is 46.7. The molecule has 1 aliphatic heterocycles. The summed E-state index contributed by atoms with van der Waals surface area (Å²) in [6.45, 7) is 24.9. The van der Waals surface area contributed by atoms with Gasteiger partial charge in [-0.1, -0.05) is 172 Å². The summed E-state index contributed by atoms with van der Waals surface area (Å²) in [6.07, 6.45) is 1.92. The average Bonchev–Trinajstić information content (AvgIpc) is 3.87. The number of pyridine rings is 1. The van der Waals surface area contributed by atoms with Crippen LogP contribution in [-0.2, 0) is 42.7 Å². The zero-order chi connectivity index (χ0) is 46.9. The van der Waals surface area contributed by atoms with E-state index in [1.54, 1.807) is 0 Å². The van der Waals surface area contributed by atoms with Gasteiger partial charge in [0.25, 0.3) is 0 Å². The van der Waals surface area contributed by atoms with Crippen LogP contribution in [0.25, 0.3) is 27.6 Å². The summed E-state index contributed by atoms with van der Waals surface area (Å²) in [5.41, 5.74) is 12.8. The van der Waals surface area contributed by atoms with Crippen molar-refractivity contribution in [1.82, 2.24) is 9.55 Å². The molecule has 346 valence electrons. The topological polar surface area (TPSA) is 33.5 Å². The van der Waals surface area contributed by atoms with Crippen molar-refractivity contribution in [2.75, 3.05) is 9.80 Å². The molecule has 0 bridgehead atoms. The van der Waals surface area contributed by atoms with E-state index in [-0.39, 0.29) is 42.7 Å². The van der Waals surface area contributed by atoms with Gasteiger partial charge in [-0.2, -0.15) is 6.07 Å². The summed E-state index contributed by atoms with van der Waals surface area (Å²) in [6, 6.07) is 66.1. The zero-order valence-electron chi connectivity index (χ0n) is 40.8. The molecule has 0 spiro atoms. The molecule has 0 saturated carbocycles. The fourth-order valence-electron chi connectivity index (χ4n) is 9.48. The van der Waals surface area contributed by atoms with E-state index in [1.807, 2.05) is 12.3 Å². The first-order chi connectivity index (χ1) is 32.0. The molecule has 0 aliphatic carbocycles. The maximum Gasteiger partial charge on any atom is 0.135 e. The minimum Gasteiger partial charge on any atom is -0.509 e. The molecular formula is C62H59N4OPt-3. The normalized spacial score (nSPS) is 13.2. The Balaban J connectivity index is 0.00000578. The van der Waals surface area contributed by atoms with Crippen molar-refractivity contribution in [1.29, 1.82) is 0 Å². The van der Waals surface area contributed by atoms with Gasteiger partial charge in [-0.25, -0.2) is 4.98 Å². The number of ether oxygens (including phenoxy) is 1. The fourth-order valence-corrected chi connectivity index (χ4v) is 9.48. The first-order valence-corrected chi connectivity index (χ1v) is 23.4. The van der Waals surface area contributed by atoms with Crippen LogP contribution in [0, 0.1) is 18.8 Å². The molecule has 5 nitrogen and oxygen atoms in total. The van der Waals surface area contributed by atoms with Crippen LogP contribution < -0.4 is 14.5 Å². The third-order valence-electron chi connectivity index (χ3n) is 13.9. The number of anilines is 4. The summed E-state index contributed by atoms with van der Waals surface area (Å²) in [4.78, 5) is 9.59. The summed E-state index contributed by atoms with van der Waals surface area (Å²) >= 11 is 0. The number of para-hydroxylation sites is 1. The Hall–Kier alpha value is -6.42. The van der Waals surface area contributed by atoms with E-state index in [9.17, 15) is 0 Å². The van der Waals surface area contributed by atoms with Gasteiger partial charge in [-0.05, 0) is 91.9 Å². The molecule has 0 unspecified atom stereocenters. The minimum atomic E-state index is -0.371. The number of hydrogen-bond donors (Lipinski definition) is 0. The van der Waals surface area contributed by atoms with E-state index < -0.39 is 0 Å². The molecule has 68 heavy (non-hydrogen) atoms. The molecule has 2 aromatic heterocycles. The van der Waals surface area contributed by atoms with E-state index in [4.69, 9.17) is 9.72 Å². The second kappa shape index (κ2) is 17.6. The molecule has 0 saturated heterocycles. The molecule has 0 amide bonds. The number of aromatic nitrogens is 2. The summed E-state index contributed by atoms with van der Waals surface area (Å²) in [5.74, 6) is 2.03. The Kier molecular flexibility index (Phi) is 12.1. The number of rotatable bonds is 9. The van der Waals surface area contributed by atoms with Crippen molar-refractivity contribution in [2.24, 2.45) is 0 Å².